The summed E-state index contributed by atoms with van der Waals surface area (Å²) in [5.41, 5.74) is 7.05. The smallest absolute Gasteiger partial charge is 0.184 e. The fourth-order valence-electron chi connectivity index (χ4n) is 1.74. The SMILES string of the molecule is CCC(N)Cc1ccc(OC)c(OC(C#N)CC)c1. The predicted octanol–water partition coefficient (Wildman–Crippen LogP) is 2.66. The van der Waals surface area contributed by atoms with Crippen LogP contribution in [0, 0.1) is 11.3 Å². The Morgan fingerprint density at radius 2 is 2.00 bits per heavy atom. The summed E-state index contributed by atoms with van der Waals surface area (Å²) in [5.74, 6) is 1.25. The number of ether oxygens (including phenoxy) is 2. The third kappa shape index (κ3) is 4.46. The molecule has 19 heavy (non-hydrogen) atoms. The molecular weight excluding hydrogens is 240 g/mol. The Morgan fingerprint density at radius 1 is 1.26 bits per heavy atom. The minimum absolute atomic E-state index is 0.138. The maximum atomic E-state index is 8.97. The van der Waals surface area contributed by atoms with Gasteiger partial charge < -0.3 is 15.2 Å². The van der Waals surface area contributed by atoms with Crippen LogP contribution in [0.15, 0.2) is 18.2 Å². The zero-order valence-electron chi connectivity index (χ0n) is 11.8. The van der Waals surface area contributed by atoms with Crippen LogP contribution in [-0.4, -0.2) is 19.3 Å². The lowest BCUT2D eigenvalue weighted by atomic mass is 10.0. The van der Waals surface area contributed by atoms with E-state index in [-0.39, 0.29) is 6.04 Å². The molecule has 4 heteroatoms. The normalized spacial score (nSPS) is 13.4. The Hall–Kier alpha value is -1.73. The largest absolute Gasteiger partial charge is 0.493 e. The lowest BCUT2D eigenvalue weighted by Crippen LogP contribution is -2.21. The van der Waals surface area contributed by atoms with Crippen LogP contribution in [0.4, 0.5) is 0 Å². The van der Waals surface area contributed by atoms with Gasteiger partial charge in [0.25, 0.3) is 0 Å². The highest BCUT2D eigenvalue weighted by Gasteiger charge is 2.12. The average molecular weight is 262 g/mol. The molecule has 104 valence electrons. The maximum absolute atomic E-state index is 8.97. The quantitative estimate of drug-likeness (QED) is 0.820. The molecule has 4 nitrogen and oxygen atoms in total. The molecule has 2 N–H and O–H groups in total. The van der Waals surface area contributed by atoms with Crippen molar-refractivity contribution in [1.29, 1.82) is 5.26 Å². The van der Waals surface area contributed by atoms with Crippen LogP contribution >= 0.6 is 0 Å². The topological polar surface area (TPSA) is 68.3 Å². The first-order chi connectivity index (χ1) is 9.14. The Labute approximate surface area is 115 Å². The van der Waals surface area contributed by atoms with Crippen LogP contribution in [0.2, 0.25) is 0 Å². The molecule has 0 aliphatic rings. The van der Waals surface area contributed by atoms with Gasteiger partial charge in [-0.25, -0.2) is 0 Å². The molecule has 0 radical (unpaired) electrons. The molecule has 2 atom stereocenters. The molecule has 0 aromatic heterocycles. The lowest BCUT2D eigenvalue weighted by molar-refractivity contribution is 0.238. The molecule has 0 aliphatic carbocycles. The third-order valence-corrected chi connectivity index (χ3v) is 3.03. The molecule has 1 rings (SSSR count). The fourth-order valence-corrected chi connectivity index (χ4v) is 1.74. The Bertz CT molecular complexity index is 440. The summed E-state index contributed by atoms with van der Waals surface area (Å²) in [7, 11) is 1.59. The van der Waals surface area contributed by atoms with Crippen molar-refractivity contribution in [2.24, 2.45) is 5.73 Å². The van der Waals surface area contributed by atoms with Crippen molar-refractivity contribution in [1.82, 2.24) is 0 Å². The summed E-state index contributed by atoms with van der Waals surface area (Å²) in [5, 5.41) is 8.97. The highest BCUT2D eigenvalue weighted by atomic mass is 16.5. The van der Waals surface area contributed by atoms with Gasteiger partial charge in [-0.2, -0.15) is 5.26 Å². The molecular formula is C15H22N2O2. The van der Waals surface area contributed by atoms with E-state index in [2.05, 4.69) is 13.0 Å². The molecule has 0 heterocycles. The number of hydrogen-bond acceptors (Lipinski definition) is 4. The van der Waals surface area contributed by atoms with Gasteiger partial charge in [-0.15, -0.1) is 0 Å². The molecule has 0 amide bonds. The van der Waals surface area contributed by atoms with Gasteiger partial charge in [0.15, 0.2) is 17.6 Å². The molecule has 0 fully saturated rings. The molecule has 0 spiro atoms. The number of nitrogens with two attached hydrogens (primary N) is 1. The van der Waals surface area contributed by atoms with E-state index in [0.29, 0.717) is 17.9 Å². The molecule has 0 saturated heterocycles. The van der Waals surface area contributed by atoms with Gasteiger partial charge in [0.1, 0.15) is 6.07 Å². The summed E-state index contributed by atoms with van der Waals surface area (Å²) >= 11 is 0. The van der Waals surface area contributed by atoms with Crippen LogP contribution in [-0.2, 0) is 6.42 Å². The number of nitrogens with zero attached hydrogens (tertiary/aromatic N) is 1. The summed E-state index contributed by atoms with van der Waals surface area (Å²) in [6.45, 7) is 3.98. The molecule has 1 aromatic rings. The van der Waals surface area contributed by atoms with E-state index in [1.165, 1.54) is 0 Å². The minimum Gasteiger partial charge on any atom is -0.493 e. The first kappa shape index (κ1) is 15.3. The zero-order valence-corrected chi connectivity index (χ0v) is 11.8. The highest BCUT2D eigenvalue weighted by molar-refractivity contribution is 5.43. The van der Waals surface area contributed by atoms with Gasteiger partial charge in [-0.05, 0) is 37.0 Å². The first-order valence-corrected chi connectivity index (χ1v) is 6.63. The van der Waals surface area contributed by atoms with Crippen molar-refractivity contribution in [3.8, 4) is 17.6 Å². The molecule has 0 aliphatic heterocycles. The van der Waals surface area contributed by atoms with Crippen molar-refractivity contribution in [3.05, 3.63) is 23.8 Å². The van der Waals surface area contributed by atoms with E-state index in [0.717, 1.165) is 18.4 Å². The van der Waals surface area contributed by atoms with Gasteiger partial charge in [0.05, 0.1) is 7.11 Å². The summed E-state index contributed by atoms with van der Waals surface area (Å²) in [6, 6.07) is 8.01. The van der Waals surface area contributed by atoms with Crippen molar-refractivity contribution in [2.45, 2.75) is 45.3 Å². The molecule has 1 aromatic carbocycles. The molecule has 2 unspecified atom stereocenters. The van der Waals surface area contributed by atoms with Crippen LogP contribution < -0.4 is 15.2 Å². The summed E-state index contributed by atoms with van der Waals surface area (Å²) in [6.07, 6.45) is 1.90. The van der Waals surface area contributed by atoms with E-state index in [9.17, 15) is 0 Å². The van der Waals surface area contributed by atoms with Crippen molar-refractivity contribution >= 4 is 0 Å². The minimum atomic E-state index is -0.455. The predicted molar refractivity (Wildman–Crippen MR) is 75.3 cm³/mol. The van der Waals surface area contributed by atoms with E-state index in [4.69, 9.17) is 20.5 Å². The fraction of sp³-hybridized carbons (Fsp3) is 0.533. The zero-order chi connectivity index (χ0) is 14.3. The molecule has 0 saturated carbocycles. The second-order valence-corrected chi connectivity index (χ2v) is 4.50. The number of benzene rings is 1. The van der Waals surface area contributed by atoms with Crippen LogP contribution in [0.25, 0.3) is 0 Å². The van der Waals surface area contributed by atoms with E-state index in [1.54, 1.807) is 7.11 Å². The van der Waals surface area contributed by atoms with Crippen molar-refractivity contribution < 1.29 is 9.47 Å². The van der Waals surface area contributed by atoms with Gasteiger partial charge in [-0.1, -0.05) is 19.9 Å². The number of methoxy groups -OCH3 is 1. The van der Waals surface area contributed by atoms with Crippen LogP contribution in [0.1, 0.15) is 32.3 Å². The number of hydrogen-bond donors (Lipinski definition) is 1. The van der Waals surface area contributed by atoms with Crippen LogP contribution in [0.5, 0.6) is 11.5 Å². The van der Waals surface area contributed by atoms with Crippen molar-refractivity contribution in [3.63, 3.8) is 0 Å². The van der Waals surface area contributed by atoms with Crippen LogP contribution in [0.3, 0.4) is 0 Å². The van der Waals surface area contributed by atoms with Gasteiger partial charge in [0.2, 0.25) is 0 Å². The van der Waals surface area contributed by atoms with Crippen molar-refractivity contribution in [2.75, 3.05) is 7.11 Å². The lowest BCUT2D eigenvalue weighted by Gasteiger charge is -2.16. The Kier molecular flexibility index (Phi) is 6.17. The number of nitriles is 1. The second kappa shape index (κ2) is 7.65. The third-order valence-electron chi connectivity index (χ3n) is 3.03. The monoisotopic (exact) mass is 262 g/mol. The van der Waals surface area contributed by atoms with Gasteiger partial charge >= 0.3 is 0 Å². The first-order valence-electron chi connectivity index (χ1n) is 6.63. The Morgan fingerprint density at radius 3 is 2.53 bits per heavy atom. The average Bonchev–Trinajstić information content (AvgIpc) is 2.44. The number of rotatable bonds is 7. The summed E-state index contributed by atoms with van der Waals surface area (Å²) in [4.78, 5) is 0. The van der Waals surface area contributed by atoms with Gasteiger partial charge in [-0.3, -0.25) is 0 Å². The standard InChI is InChI=1S/C15H22N2O2/c1-4-12(17)8-11-6-7-14(18-3)15(9-11)19-13(5-2)10-16/h6-7,9,12-13H,4-5,8,17H2,1-3H3. The second-order valence-electron chi connectivity index (χ2n) is 4.50. The maximum Gasteiger partial charge on any atom is 0.184 e. The van der Waals surface area contributed by atoms with E-state index < -0.39 is 6.10 Å². The summed E-state index contributed by atoms with van der Waals surface area (Å²) < 4.78 is 10.9. The van der Waals surface area contributed by atoms with Gasteiger partial charge in [0, 0.05) is 6.04 Å². The highest BCUT2D eigenvalue weighted by Crippen LogP contribution is 2.29. The van der Waals surface area contributed by atoms with E-state index in [1.807, 2.05) is 25.1 Å². The van der Waals surface area contributed by atoms with E-state index >= 15 is 0 Å². The Balaban J connectivity index is 2.93. The molecule has 0 bridgehead atoms.